The fourth-order valence-corrected chi connectivity index (χ4v) is 2.66. The van der Waals surface area contributed by atoms with E-state index in [2.05, 4.69) is 22.2 Å². The second kappa shape index (κ2) is 2.08. The molecule has 52 valence electrons. The average molecular weight is 189 g/mol. The van der Waals surface area contributed by atoms with E-state index in [1.54, 1.807) is 0 Å². The molecule has 3 nitrogen and oxygen atoms in total. The quantitative estimate of drug-likeness (QED) is 0.619. The summed E-state index contributed by atoms with van der Waals surface area (Å²) < 4.78 is 4.75. The maximum absolute atomic E-state index is 5.58. The highest BCUT2D eigenvalue weighted by atomic mass is 32.1. The molecule has 0 atom stereocenters. The molecule has 0 radical (unpaired) electrons. The van der Waals surface area contributed by atoms with Crippen molar-refractivity contribution in [1.82, 2.24) is 9.59 Å². The lowest BCUT2D eigenvalue weighted by molar-refractivity contribution is 1.21. The minimum absolute atomic E-state index is 0.722. The maximum atomic E-state index is 5.58. The Morgan fingerprint density at radius 2 is 2.30 bits per heavy atom. The molecule has 0 aliphatic rings. The number of anilines is 1. The second-order valence-corrected chi connectivity index (χ2v) is 3.95. The molecule has 2 heterocycles. The van der Waals surface area contributed by atoms with Crippen LogP contribution in [0.25, 0.3) is 9.53 Å². The Hall–Kier alpha value is -0.330. The number of hydrogen-bond donors (Lipinski definition) is 2. The molecule has 0 fully saturated rings. The first-order valence-electron chi connectivity index (χ1n) is 2.48. The van der Waals surface area contributed by atoms with E-state index in [-0.39, 0.29) is 0 Å². The third kappa shape index (κ3) is 0.727. The molecule has 2 N–H and O–H groups in total. The highest BCUT2D eigenvalue weighted by Crippen LogP contribution is 2.36. The molecule has 0 spiro atoms. The summed E-state index contributed by atoms with van der Waals surface area (Å²) in [6, 6.07) is 0. The van der Waals surface area contributed by atoms with Crippen LogP contribution in [0, 0.1) is 0 Å². The summed E-state index contributed by atoms with van der Waals surface area (Å²) in [4.78, 5) is 1.70. The van der Waals surface area contributed by atoms with Gasteiger partial charge in [-0.1, -0.05) is 15.8 Å². The van der Waals surface area contributed by atoms with Gasteiger partial charge in [0.25, 0.3) is 0 Å². The number of fused-ring (bicyclic) bond motifs is 1. The monoisotopic (exact) mass is 189 g/mol. The summed E-state index contributed by atoms with van der Waals surface area (Å²) in [7, 11) is 0. The van der Waals surface area contributed by atoms with Crippen LogP contribution in [0.3, 0.4) is 0 Å². The van der Waals surface area contributed by atoms with Crippen molar-refractivity contribution < 1.29 is 0 Å². The molecule has 0 amide bonds. The topological polar surface area (TPSA) is 51.8 Å². The number of nitrogens with zero attached hydrogens (tertiary/aromatic N) is 2. The van der Waals surface area contributed by atoms with Gasteiger partial charge in [0.15, 0.2) is 4.83 Å². The van der Waals surface area contributed by atoms with Crippen molar-refractivity contribution in [3.8, 4) is 0 Å². The molecule has 6 heteroatoms. The first-order valence-corrected chi connectivity index (χ1v) is 4.52. The highest BCUT2D eigenvalue weighted by Gasteiger charge is 2.08. The Morgan fingerprint density at radius 1 is 1.50 bits per heavy atom. The zero-order valence-corrected chi connectivity index (χ0v) is 7.26. The van der Waals surface area contributed by atoms with Crippen molar-refractivity contribution in [3.63, 3.8) is 0 Å². The summed E-state index contributed by atoms with van der Waals surface area (Å²) in [5.41, 5.74) is 5.58. The van der Waals surface area contributed by atoms with E-state index in [0.717, 1.165) is 19.4 Å². The molecule has 10 heavy (non-hydrogen) atoms. The lowest BCUT2D eigenvalue weighted by Crippen LogP contribution is -1.76. The summed E-state index contributed by atoms with van der Waals surface area (Å²) in [5.74, 6) is 0. The van der Waals surface area contributed by atoms with Gasteiger partial charge < -0.3 is 5.73 Å². The standard InChI is InChI=1S/C4H3N3S3/c5-3-1(8)2-4(9-3)6-7-10-2/h8H,5H2. The van der Waals surface area contributed by atoms with Crippen LogP contribution in [0.1, 0.15) is 0 Å². The van der Waals surface area contributed by atoms with Crippen molar-refractivity contribution in [2.24, 2.45) is 0 Å². The Morgan fingerprint density at radius 3 is 3.00 bits per heavy atom. The number of rotatable bonds is 0. The van der Waals surface area contributed by atoms with Crippen LogP contribution in [0.2, 0.25) is 0 Å². The van der Waals surface area contributed by atoms with Gasteiger partial charge in [0.1, 0.15) is 9.70 Å². The Kier molecular flexibility index (Phi) is 1.33. The maximum Gasteiger partial charge on any atom is 0.161 e. The van der Waals surface area contributed by atoms with Gasteiger partial charge in [-0.2, -0.15) is 0 Å². The molecule has 2 rings (SSSR count). The predicted octanol–water partition coefficient (Wildman–Crippen LogP) is 1.62. The van der Waals surface area contributed by atoms with Crippen molar-refractivity contribution in [2.45, 2.75) is 4.90 Å². The van der Waals surface area contributed by atoms with Crippen molar-refractivity contribution in [3.05, 3.63) is 0 Å². The van der Waals surface area contributed by atoms with Crippen molar-refractivity contribution >= 4 is 50.0 Å². The van der Waals surface area contributed by atoms with Gasteiger partial charge in [-0.15, -0.1) is 17.7 Å². The zero-order chi connectivity index (χ0) is 7.14. The normalized spacial score (nSPS) is 10.9. The Balaban J connectivity index is 2.95. The molecule has 0 saturated heterocycles. The summed E-state index contributed by atoms with van der Waals surface area (Å²) in [6.45, 7) is 0. The van der Waals surface area contributed by atoms with Crippen molar-refractivity contribution in [1.29, 1.82) is 0 Å². The first kappa shape index (κ1) is 6.38. The van der Waals surface area contributed by atoms with Gasteiger partial charge in [-0.05, 0) is 11.5 Å². The van der Waals surface area contributed by atoms with Crippen LogP contribution in [-0.2, 0) is 0 Å². The minimum Gasteiger partial charge on any atom is -0.390 e. The fourth-order valence-electron chi connectivity index (χ4n) is 0.658. The first-order chi connectivity index (χ1) is 4.79. The van der Waals surface area contributed by atoms with Gasteiger partial charge in [-0.25, -0.2) is 0 Å². The van der Waals surface area contributed by atoms with E-state index >= 15 is 0 Å². The summed E-state index contributed by atoms with van der Waals surface area (Å²) in [6.07, 6.45) is 0. The third-order valence-electron chi connectivity index (χ3n) is 1.11. The summed E-state index contributed by atoms with van der Waals surface area (Å²) in [5, 5.41) is 4.58. The Bertz CT molecular complexity index is 363. The molecule has 0 aliphatic carbocycles. The molecular weight excluding hydrogens is 186 g/mol. The third-order valence-corrected chi connectivity index (χ3v) is 3.66. The largest absolute Gasteiger partial charge is 0.390 e. The van der Waals surface area contributed by atoms with Gasteiger partial charge in [0.05, 0.1) is 4.90 Å². The number of thiol groups is 1. The number of aromatic nitrogens is 2. The second-order valence-electron chi connectivity index (χ2n) is 1.72. The van der Waals surface area contributed by atoms with Gasteiger partial charge in [-0.3, -0.25) is 0 Å². The lowest BCUT2D eigenvalue weighted by Gasteiger charge is -1.81. The van der Waals surface area contributed by atoms with Crippen molar-refractivity contribution in [2.75, 3.05) is 5.73 Å². The SMILES string of the molecule is Nc1sc2nnsc2c1S. The predicted molar refractivity (Wildman–Crippen MR) is 47.0 cm³/mol. The smallest absolute Gasteiger partial charge is 0.161 e. The molecule has 0 aromatic carbocycles. The molecular formula is C4H3N3S3. The molecule has 0 saturated carbocycles. The van der Waals surface area contributed by atoms with Gasteiger partial charge in [0.2, 0.25) is 0 Å². The molecule has 2 aromatic heterocycles. The zero-order valence-electron chi connectivity index (χ0n) is 4.74. The molecule has 0 unspecified atom stereocenters. The highest BCUT2D eigenvalue weighted by molar-refractivity contribution is 7.81. The number of hydrogen-bond acceptors (Lipinski definition) is 6. The average Bonchev–Trinajstić information content (AvgIpc) is 2.41. The van der Waals surface area contributed by atoms with E-state index in [1.165, 1.54) is 22.9 Å². The number of nitrogens with two attached hydrogens (primary N) is 1. The number of thiophene rings is 1. The van der Waals surface area contributed by atoms with Crippen LogP contribution in [-0.4, -0.2) is 9.59 Å². The van der Waals surface area contributed by atoms with Crippen LogP contribution >= 0.6 is 35.5 Å². The van der Waals surface area contributed by atoms with Crippen LogP contribution in [0.5, 0.6) is 0 Å². The fraction of sp³-hybridized carbons (Fsp3) is 0. The van der Waals surface area contributed by atoms with E-state index in [0.29, 0.717) is 0 Å². The van der Waals surface area contributed by atoms with E-state index in [1.807, 2.05) is 0 Å². The van der Waals surface area contributed by atoms with Gasteiger partial charge in [0, 0.05) is 0 Å². The number of nitrogen functional groups attached to an aromatic ring is 1. The molecule has 0 bridgehead atoms. The molecule has 0 aliphatic heterocycles. The van der Waals surface area contributed by atoms with Crippen LogP contribution < -0.4 is 5.73 Å². The van der Waals surface area contributed by atoms with Crippen LogP contribution in [0.4, 0.5) is 5.00 Å². The molecule has 2 aromatic rings. The lowest BCUT2D eigenvalue weighted by atomic mass is 10.6. The Labute approximate surface area is 70.4 Å². The van der Waals surface area contributed by atoms with Crippen LogP contribution in [0.15, 0.2) is 4.90 Å². The van der Waals surface area contributed by atoms with E-state index in [4.69, 9.17) is 5.73 Å². The van der Waals surface area contributed by atoms with E-state index in [9.17, 15) is 0 Å². The minimum atomic E-state index is 0.722. The van der Waals surface area contributed by atoms with Gasteiger partial charge >= 0.3 is 0 Å². The van der Waals surface area contributed by atoms with E-state index < -0.39 is 0 Å². The summed E-state index contributed by atoms with van der Waals surface area (Å²) >= 11 is 6.95.